The first-order valence-electron chi connectivity index (χ1n) is 13.1. The standard InChI is InChI=1S/C29H34F3N5O2/c1-18-13-20(15-34-26(18)21-7-6-11-36(12-10-21)27(39)28(3,4)5)14-24(38)23-17-35-37(19(23)2)25-9-8-22(16-33-25)29(30,31)32/h8-9,13,15-17,21H,6-7,10-12,14H2,1-5H3. The lowest BCUT2D eigenvalue weighted by molar-refractivity contribution is -0.139. The highest BCUT2D eigenvalue weighted by atomic mass is 19.4. The Kier molecular flexibility index (Phi) is 7.95. The Morgan fingerprint density at radius 3 is 2.36 bits per heavy atom. The van der Waals surface area contributed by atoms with Gasteiger partial charge in [-0.05, 0) is 56.4 Å². The van der Waals surface area contributed by atoms with Crippen LogP contribution in [0.1, 0.15) is 84.4 Å². The molecule has 1 amide bonds. The van der Waals surface area contributed by atoms with Crippen LogP contribution in [0.5, 0.6) is 0 Å². The molecule has 39 heavy (non-hydrogen) atoms. The predicted octanol–water partition coefficient (Wildman–Crippen LogP) is 5.87. The largest absolute Gasteiger partial charge is 0.417 e. The normalized spacial score (nSPS) is 16.7. The van der Waals surface area contributed by atoms with Crippen LogP contribution in [0.3, 0.4) is 0 Å². The zero-order valence-corrected chi connectivity index (χ0v) is 23.0. The monoisotopic (exact) mass is 541 g/mol. The third kappa shape index (κ3) is 6.37. The van der Waals surface area contributed by atoms with Gasteiger partial charge in [0.2, 0.25) is 5.91 Å². The average molecular weight is 542 g/mol. The number of nitrogens with zero attached hydrogens (tertiary/aromatic N) is 5. The summed E-state index contributed by atoms with van der Waals surface area (Å²) in [4.78, 5) is 36.4. The van der Waals surface area contributed by atoms with Gasteiger partial charge in [0.25, 0.3) is 0 Å². The van der Waals surface area contributed by atoms with Crippen LogP contribution in [-0.4, -0.2) is 49.4 Å². The van der Waals surface area contributed by atoms with Crippen molar-refractivity contribution in [2.75, 3.05) is 13.1 Å². The second-order valence-electron chi connectivity index (χ2n) is 11.3. The fourth-order valence-electron chi connectivity index (χ4n) is 5.09. The molecule has 1 fully saturated rings. The molecule has 1 aliphatic rings. The van der Waals surface area contributed by atoms with Gasteiger partial charge >= 0.3 is 6.18 Å². The van der Waals surface area contributed by atoms with Gasteiger partial charge in [-0.25, -0.2) is 9.67 Å². The number of hydrogen-bond acceptors (Lipinski definition) is 5. The van der Waals surface area contributed by atoms with E-state index in [1.54, 1.807) is 13.1 Å². The second-order valence-corrected chi connectivity index (χ2v) is 11.3. The van der Waals surface area contributed by atoms with E-state index >= 15 is 0 Å². The van der Waals surface area contributed by atoms with Crippen LogP contribution >= 0.6 is 0 Å². The maximum atomic E-state index is 13.1. The zero-order chi connectivity index (χ0) is 28.5. The van der Waals surface area contributed by atoms with Gasteiger partial charge in [-0.3, -0.25) is 14.6 Å². The predicted molar refractivity (Wildman–Crippen MR) is 141 cm³/mol. The topological polar surface area (TPSA) is 81.0 Å². The fraction of sp³-hybridized carbons (Fsp3) is 0.483. The maximum absolute atomic E-state index is 13.1. The first-order chi connectivity index (χ1) is 18.3. The Labute approximate surface area is 226 Å². The van der Waals surface area contributed by atoms with Crippen LogP contribution in [0.2, 0.25) is 0 Å². The van der Waals surface area contributed by atoms with Gasteiger partial charge in [0.1, 0.15) is 0 Å². The molecule has 0 radical (unpaired) electrons. The quantitative estimate of drug-likeness (QED) is 0.378. The van der Waals surface area contributed by atoms with Gasteiger partial charge in [0.05, 0.1) is 23.0 Å². The number of hydrogen-bond donors (Lipinski definition) is 0. The van der Waals surface area contributed by atoms with Crippen molar-refractivity contribution in [1.29, 1.82) is 0 Å². The van der Waals surface area contributed by atoms with Crippen molar-refractivity contribution in [3.63, 3.8) is 0 Å². The number of carbonyl (C=O) groups excluding carboxylic acids is 2. The molecule has 4 rings (SSSR count). The van der Waals surface area contributed by atoms with Gasteiger partial charge in [-0.1, -0.05) is 26.8 Å². The highest BCUT2D eigenvalue weighted by Gasteiger charge is 2.31. The number of alkyl halides is 3. The Bertz CT molecular complexity index is 1360. The third-order valence-corrected chi connectivity index (χ3v) is 7.19. The summed E-state index contributed by atoms with van der Waals surface area (Å²) in [6.45, 7) is 11.0. The van der Waals surface area contributed by atoms with Crippen LogP contribution in [0.4, 0.5) is 13.2 Å². The van der Waals surface area contributed by atoms with E-state index < -0.39 is 17.2 Å². The van der Waals surface area contributed by atoms with Crippen LogP contribution in [0.25, 0.3) is 5.82 Å². The second kappa shape index (κ2) is 10.9. The lowest BCUT2D eigenvalue weighted by atomic mass is 9.92. The van der Waals surface area contributed by atoms with Crippen molar-refractivity contribution in [2.24, 2.45) is 5.41 Å². The molecule has 208 valence electrons. The molecule has 0 bridgehead atoms. The van der Waals surface area contributed by atoms with Crippen molar-refractivity contribution >= 4 is 11.7 Å². The van der Waals surface area contributed by atoms with Gasteiger partial charge < -0.3 is 4.90 Å². The van der Waals surface area contributed by atoms with Crippen molar-refractivity contribution in [2.45, 2.75) is 72.4 Å². The third-order valence-electron chi connectivity index (χ3n) is 7.19. The van der Waals surface area contributed by atoms with Gasteiger partial charge in [0.15, 0.2) is 11.6 Å². The first kappa shape index (κ1) is 28.4. The number of rotatable bonds is 5. The van der Waals surface area contributed by atoms with E-state index in [0.29, 0.717) is 17.8 Å². The summed E-state index contributed by atoms with van der Waals surface area (Å²) in [6, 6.07) is 4.16. The summed E-state index contributed by atoms with van der Waals surface area (Å²) < 4.78 is 39.9. The molecule has 3 aromatic rings. The number of carbonyl (C=O) groups is 2. The zero-order valence-electron chi connectivity index (χ0n) is 23.0. The fourth-order valence-corrected chi connectivity index (χ4v) is 5.09. The molecule has 4 heterocycles. The maximum Gasteiger partial charge on any atom is 0.417 e. The van der Waals surface area contributed by atoms with E-state index in [-0.39, 0.29) is 29.8 Å². The average Bonchev–Trinajstić information content (AvgIpc) is 3.08. The SMILES string of the molecule is Cc1cc(CC(=O)c2cnn(-c3ccc(C(F)(F)F)cn3)c2C)cnc1C1CCCN(C(=O)C(C)(C)C)CC1. The highest BCUT2D eigenvalue weighted by Crippen LogP contribution is 2.31. The van der Waals surface area contributed by atoms with Crippen molar-refractivity contribution in [3.8, 4) is 5.82 Å². The van der Waals surface area contributed by atoms with E-state index in [1.165, 1.54) is 16.9 Å². The molecule has 1 saturated heterocycles. The number of amides is 1. The molecule has 1 atom stereocenters. The van der Waals surface area contributed by atoms with Gasteiger partial charge in [-0.2, -0.15) is 18.3 Å². The molecule has 0 aliphatic carbocycles. The molecule has 0 saturated carbocycles. The number of likely N-dealkylation sites (tertiary alicyclic amines) is 1. The highest BCUT2D eigenvalue weighted by molar-refractivity contribution is 5.98. The lowest BCUT2D eigenvalue weighted by Crippen LogP contribution is -2.40. The molecular formula is C29H34F3N5O2. The molecule has 0 aromatic carbocycles. The molecule has 10 heteroatoms. The summed E-state index contributed by atoms with van der Waals surface area (Å²) in [6.07, 6.45) is 2.28. The smallest absolute Gasteiger partial charge is 0.342 e. The molecule has 7 nitrogen and oxygen atoms in total. The summed E-state index contributed by atoms with van der Waals surface area (Å²) in [5, 5.41) is 4.18. The molecule has 0 spiro atoms. The molecule has 3 aromatic heterocycles. The van der Waals surface area contributed by atoms with Crippen molar-refractivity contribution in [3.05, 3.63) is 70.4 Å². The molecule has 0 N–H and O–H groups in total. The van der Waals surface area contributed by atoms with Gasteiger partial charge in [-0.15, -0.1) is 0 Å². The number of pyridine rings is 2. The number of aryl methyl sites for hydroxylation is 1. The number of halogens is 3. The van der Waals surface area contributed by atoms with Crippen LogP contribution in [0.15, 0.2) is 36.8 Å². The van der Waals surface area contributed by atoms with Crippen molar-refractivity contribution < 1.29 is 22.8 Å². The van der Waals surface area contributed by atoms with Gasteiger partial charge in [0, 0.05) is 48.9 Å². The number of Topliss-reactive ketones (excluding diaryl/α,β-unsaturated/α-hetero) is 1. The Hall–Kier alpha value is -3.56. The van der Waals surface area contributed by atoms with E-state index in [4.69, 9.17) is 4.98 Å². The summed E-state index contributed by atoms with van der Waals surface area (Å²) >= 11 is 0. The van der Waals surface area contributed by atoms with Crippen LogP contribution in [0, 0.1) is 19.3 Å². The molecular weight excluding hydrogens is 507 g/mol. The minimum Gasteiger partial charge on any atom is -0.342 e. The van der Waals surface area contributed by atoms with E-state index in [9.17, 15) is 22.8 Å². The molecule has 1 aliphatic heterocycles. The lowest BCUT2D eigenvalue weighted by Gasteiger charge is -2.28. The minimum absolute atomic E-state index is 0.125. The van der Waals surface area contributed by atoms with Crippen LogP contribution in [-0.2, 0) is 17.4 Å². The Morgan fingerprint density at radius 1 is 1.00 bits per heavy atom. The number of ketones is 1. The Balaban J connectivity index is 1.44. The van der Waals surface area contributed by atoms with E-state index in [0.717, 1.165) is 54.9 Å². The summed E-state index contributed by atoms with van der Waals surface area (Å²) in [5.41, 5.74) is 2.44. The minimum atomic E-state index is -4.48. The van der Waals surface area contributed by atoms with E-state index in [1.807, 2.05) is 38.7 Å². The molecule has 1 unspecified atom stereocenters. The van der Waals surface area contributed by atoms with Crippen molar-refractivity contribution in [1.82, 2.24) is 24.6 Å². The summed E-state index contributed by atoms with van der Waals surface area (Å²) in [7, 11) is 0. The van der Waals surface area contributed by atoms with Crippen LogP contribution < -0.4 is 0 Å². The number of aromatic nitrogens is 4. The first-order valence-corrected chi connectivity index (χ1v) is 13.1. The summed E-state index contributed by atoms with van der Waals surface area (Å²) in [5.74, 6) is 0.469. The van der Waals surface area contributed by atoms with E-state index in [2.05, 4.69) is 10.1 Å². The Morgan fingerprint density at radius 2 is 1.74 bits per heavy atom.